The number of carbonyl (C=O) groups excluding carboxylic acids is 3. The Hall–Kier alpha value is -3.42. The van der Waals surface area contributed by atoms with E-state index in [1.165, 1.54) is 30.3 Å². The summed E-state index contributed by atoms with van der Waals surface area (Å²) in [6.45, 7) is 0.615. The first kappa shape index (κ1) is 18.9. The third-order valence-electron chi connectivity index (χ3n) is 3.47. The third kappa shape index (κ3) is 5.59. The Kier molecular flexibility index (Phi) is 6.67. The van der Waals surface area contributed by atoms with Crippen molar-refractivity contribution in [2.45, 2.75) is 6.42 Å². The monoisotopic (exact) mass is 358 g/mol. The molecule has 4 amide bonds. The molecule has 2 aromatic carbocycles. The average Bonchev–Trinajstić information content (AvgIpc) is 2.62. The molecule has 7 nitrogen and oxygen atoms in total. The Bertz CT molecular complexity index is 793. The average molecular weight is 358 g/mol. The van der Waals surface area contributed by atoms with E-state index in [-0.39, 0.29) is 5.56 Å². The summed E-state index contributed by atoms with van der Waals surface area (Å²) in [5.41, 5.74) is 5.98. The first-order valence-corrected chi connectivity index (χ1v) is 7.95. The van der Waals surface area contributed by atoms with E-state index in [0.717, 1.165) is 0 Å². The molecule has 0 aliphatic heterocycles. The number of anilines is 1. The van der Waals surface area contributed by atoms with Crippen molar-refractivity contribution >= 4 is 23.5 Å². The molecule has 0 radical (unpaired) electrons. The molecular weight excluding hydrogens is 339 g/mol. The number of nitrogens with two attached hydrogens (primary N) is 1. The highest BCUT2D eigenvalue weighted by Gasteiger charge is 2.09. The van der Waals surface area contributed by atoms with Crippen LogP contribution in [-0.2, 0) is 0 Å². The summed E-state index contributed by atoms with van der Waals surface area (Å²) in [5.74, 6) is -1.62. The maximum Gasteiger partial charge on any atom is 0.319 e. The van der Waals surface area contributed by atoms with Crippen LogP contribution in [0.1, 0.15) is 27.1 Å². The number of rotatable bonds is 7. The molecule has 0 aliphatic carbocycles. The van der Waals surface area contributed by atoms with Gasteiger partial charge in [0.25, 0.3) is 5.91 Å². The Morgan fingerprint density at radius 3 is 2.23 bits per heavy atom. The smallest absolute Gasteiger partial charge is 0.319 e. The molecule has 2 rings (SSSR count). The van der Waals surface area contributed by atoms with Gasteiger partial charge in [-0.2, -0.15) is 0 Å². The van der Waals surface area contributed by atoms with Crippen LogP contribution in [0.25, 0.3) is 0 Å². The molecule has 0 unspecified atom stereocenters. The predicted molar refractivity (Wildman–Crippen MR) is 95.3 cm³/mol. The predicted octanol–water partition coefficient (Wildman–Crippen LogP) is 1.87. The Balaban J connectivity index is 1.66. The number of hydrogen-bond donors (Lipinski definition) is 4. The van der Waals surface area contributed by atoms with Crippen molar-refractivity contribution in [3.05, 3.63) is 65.5 Å². The second-order valence-electron chi connectivity index (χ2n) is 5.41. The molecule has 136 valence electrons. The molecule has 0 bridgehead atoms. The second kappa shape index (κ2) is 9.16. The molecule has 0 saturated heterocycles. The van der Waals surface area contributed by atoms with Gasteiger partial charge in [-0.1, -0.05) is 12.1 Å². The number of halogens is 1. The standard InChI is InChI=1S/C18H19FN4O3/c19-15-5-2-1-4-14(15)17(25)21-10-3-11-22-18(26)23-13-8-6-12(7-9-13)16(20)24/h1-2,4-9H,3,10-11H2,(H2,20,24)(H,21,25)(H2,22,23,26). The van der Waals surface area contributed by atoms with Gasteiger partial charge in [-0.25, -0.2) is 9.18 Å². The summed E-state index contributed by atoms with van der Waals surface area (Å²) in [4.78, 5) is 34.5. The van der Waals surface area contributed by atoms with E-state index in [1.54, 1.807) is 18.2 Å². The highest BCUT2D eigenvalue weighted by atomic mass is 19.1. The zero-order chi connectivity index (χ0) is 18.9. The fraction of sp³-hybridized carbons (Fsp3) is 0.167. The van der Waals surface area contributed by atoms with Crippen LogP contribution < -0.4 is 21.7 Å². The van der Waals surface area contributed by atoms with Crippen molar-refractivity contribution in [3.8, 4) is 0 Å². The van der Waals surface area contributed by atoms with E-state index in [4.69, 9.17) is 5.73 Å². The number of primary amides is 1. The van der Waals surface area contributed by atoms with Gasteiger partial charge in [0.1, 0.15) is 5.82 Å². The van der Waals surface area contributed by atoms with Crippen molar-refractivity contribution < 1.29 is 18.8 Å². The minimum absolute atomic E-state index is 0.0161. The van der Waals surface area contributed by atoms with Gasteiger partial charge in [-0.15, -0.1) is 0 Å². The van der Waals surface area contributed by atoms with E-state index < -0.39 is 23.7 Å². The molecule has 5 N–H and O–H groups in total. The van der Waals surface area contributed by atoms with Crippen LogP contribution in [0.15, 0.2) is 48.5 Å². The number of carbonyl (C=O) groups is 3. The van der Waals surface area contributed by atoms with Crippen LogP contribution in [0, 0.1) is 5.82 Å². The van der Waals surface area contributed by atoms with Gasteiger partial charge >= 0.3 is 6.03 Å². The summed E-state index contributed by atoms with van der Waals surface area (Å²) in [6.07, 6.45) is 0.480. The van der Waals surface area contributed by atoms with E-state index >= 15 is 0 Å². The molecule has 0 fully saturated rings. The summed E-state index contributed by atoms with van der Waals surface area (Å²) in [7, 11) is 0. The quantitative estimate of drug-likeness (QED) is 0.567. The van der Waals surface area contributed by atoms with Gasteiger partial charge in [0.05, 0.1) is 5.56 Å². The molecule has 0 heterocycles. The highest BCUT2D eigenvalue weighted by Crippen LogP contribution is 2.09. The second-order valence-corrected chi connectivity index (χ2v) is 5.41. The van der Waals surface area contributed by atoms with E-state index in [1.807, 2.05) is 0 Å². The molecule has 26 heavy (non-hydrogen) atoms. The van der Waals surface area contributed by atoms with Crippen LogP contribution in [-0.4, -0.2) is 30.9 Å². The lowest BCUT2D eigenvalue weighted by Crippen LogP contribution is -2.32. The molecule has 0 atom stereocenters. The lowest BCUT2D eigenvalue weighted by Gasteiger charge is -2.09. The van der Waals surface area contributed by atoms with Crippen molar-refractivity contribution in [2.75, 3.05) is 18.4 Å². The minimum atomic E-state index is -0.579. The van der Waals surface area contributed by atoms with Gasteiger partial charge in [-0.05, 0) is 42.8 Å². The van der Waals surface area contributed by atoms with Crippen LogP contribution in [0.3, 0.4) is 0 Å². The molecule has 0 spiro atoms. The highest BCUT2D eigenvalue weighted by molar-refractivity contribution is 5.95. The fourth-order valence-corrected chi connectivity index (χ4v) is 2.13. The van der Waals surface area contributed by atoms with E-state index in [9.17, 15) is 18.8 Å². The third-order valence-corrected chi connectivity index (χ3v) is 3.47. The number of nitrogens with one attached hydrogen (secondary N) is 3. The lowest BCUT2D eigenvalue weighted by molar-refractivity contribution is 0.0948. The Labute approximate surface area is 149 Å². The first-order chi connectivity index (χ1) is 12.5. The van der Waals surface area contributed by atoms with Gasteiger partial charge in [-0.3, -0.25) is 9.59 Å². The summed E-state index contributed by atoms with van der Waals surface area (Å²) in [6, 6.07) is 11.4. The summed E-state index contributed by atoms with van der Waals surface area (Å²) in [5, 5.41) is 7.81. The number of urea groups is 1. The Morgan fingerprint density at radius 1 is 0.923 bits per heavy atom. The number of hydrogen-bond acceptors (Lipinski definition) is 3. The van der Waals surface area contributed by atoms with Crippen LogP contribution in [0.2, 0.25) is 0 Å². The van der Waals surface area contributed by atoms with E-state index in [2.05, 4.69) is 16.0 Å². The van der Waals surface area contributed by atoms with Crippen LogP contribution in [0.4, 0.5) is 14.9 Å². The molecular formula is C18H19FN4O3. The maximum atomic E-state index is 13.4. The van der Waals surface area contributed by atoms with Crippen molar-refractivity contribution in [1.29, 1.82) is 0 Å². The van der Waals surface area contributed by atoms with E-state index in [0.29, 0.717) is 30.8 Å². The minimum Gasteiger partial charge on any atom is -0.366 e. The zero-order valence-corrected chi connectivity index (χ0v) is 13.9. The van der Waals surface area contributed by atoms with Gasteiger partial charge < -0.3 is 21.7 Å². The summed E-state index contributed by atoms with van der Waals surface area (Å²) >= 11 is 0. The first-order valence-electron chi connectivity index (χ1n) is 7.95. The largest absolute Gasteiger partial charge is 0.366 e. The SMILES string of the molecule is NC(=O)c1ccc(NC(=O)NCCCNC(=O)c2ccccc2F)cc1. The fourth-order valence-electron chi connectivity index (χ4n) is 2.13. The van der Waals surface area contributed by atoms with Gasteiger partial charge in [0.15, 0.2) is 0 Å². The molecule has 8 heteroatoms. The van der Waals surface area contributed by atoms with Crippen molar-refractivity contribution in [1.82, 2.24) is 10.6 Å². The lowest BCUT2D eigenvalue weighted by atomic mass is 10.2. The van der Waals surface area contributed by atoms with Gasteiger partial charge in [0.2, 0.25) is 5.91 Å². The van der Waals surface area contributed by atoms with Crippen LogP contribution >= 0.6 is 0 Å². The van der Waals surface area contributed by atoms with Crippen molar-refractivity contribution in [3.63, 3.8) is 0 Å². The molecule has 0 aromatic heterocycles. The summed E-state index contributed by atoms with van der Waals surface area (Å²) < 4.78 is 13.4. The molecule has 0 aliphatic rings. The normalized spacial score (nSPS) is 10.0. The molecule has 2 aromatic rings. The Morgan fingerprint density at radius 2 is 1.58 bits per heavy atom. The van der Waals surface area contributed by atoms with Gasteiger partial charge in [0, 0.05) is 24.3 Å². The zero-order valence-electron chi connectivity index (χ0n) is 13.9. The number of benzene rings is 2. The number of amides is 4. The van der Waals surface area contributed by atoms with Crippen molar-refractivity contribution in [2.24, 2.45) is 5.73 Å². The maximum absolute atomic E-state index is 13.4. The molecule has 0 saturated carbocycles. The topological polar surface area (TPSA) is 113 Å². The van der Waals surface area contributed by atoms with Crippen LogP contribution in [0.5, 0.6) is 0 Å².